The second-order valence-electron chi connectivity index (χ2n) is 2.68. The number of rotatable bonds is 2. The fourth-order valence-corrected chi connectivity index (χ4v) is 1.27. The molecule has 2 heteroatoms. The molecule has 1 aliphatic rings. The normalized spacial score (nSPS) is 25.8. The highest BCUT2D eigenvalue weighted by Gasteiger charge is 2.07. The van der Waals surface area contributed by atoms with Gasteiger partial charge in [0.15, 0.2) is 0 Å². The third-order valence-electron chi connectivity index (χ3n) is 1.90. The zero-order chi connectivity index (χ0) is 7.23. The van der Waals surface area contributed by atoms with E-state index >= 15 is 0 Å². The van der Waals surface area contributed by atoms with Gasteiger partial charge in [0.05, 0.1) is 0 Å². The third kappa shape index (κ3) is 2.21. The molecule has 0 aromatic rings. The van der Waals surface area contributed by atoms with Crippen molar-refractivity contribution in [2.75, 3.05) is 0 Å². The van der Waals surface area contributed by atoms with Gasteiger partial charge in [-0.05, 0) is 31.6 Å². The summed E-state index contributed by atoms with van der Waals surface area (Å²) in [6.45, 7) is 0. The summed E-state index contributed by atoms with van der Waals surface area (Å²) in [6, 6.07) is 0. The average molecular weight is 139 g/mol. The number of hydrogen-bond acceptors (Lipinski definition) is 2. The van der Waals surface area contributed by atoms with E-state index in [0.29, 0.717) is 5.92 Å². The molecule has 1 N–H and O–H groups in total. The van der Waals surface area contributed by atoms with Crippen LogP contribution in [0.15, 0.2) is 17.3 Å². The van der Waals surface area contributed by atoms with Crippen molar-refractivity contribution in [1.29, 1.82) is 0 Å². The van der Waals surface area contributed by atoms with Crippen molar-refractivity contribution in [3.63, 3.8) is 0 Å². The van der Waals surface area contributed by atoms with E-state index in [0.717, 1.165) is 12.8 Å². The van der Waals surface area contributed by atoms with Crippen LogP contribution in [0, 0.1) is 5.92 Å². The topological polar surface area (TPSA) is 32.6 Å². The molecule has 56 valence electrons. The molecule has 0 bridgehead atoms. The Morgan fingerprint density at radius 2 is 2.50 bits per heavy atom. The Morgan fingerprint density at radius 1 is 1.60 bits per heavy atom. The zero-order valence-electron chi connectivity index (χ0n) is 6.03. The highest BCUT2D eigenvalue weighted by Crippen LogP contribution is 2.19. The van der Waals surface area contributed by atoms with E-state index in [1.165, 1.54) is 12.8 Å². The van der Waals surface area contributed by atoms with Gasteiger partial charge in [-0.15, -0.1) is 5.16 Å². The van der Waals surface area contributed by atoms with E-state index in [1.807, 2.05) is 0 Å². The van der Waals surface area contributed by atoms with Crippen molar-refractivity contribution in [3.05, 3.63) is 12.2 Å². The summed E-state index contributed by atoms with van der Waals surface area (Å²) in [5.74, 6) is 0.709. The van der Waals surface area contributed by atoms with Crippen LogP contribution in [0.5, 0.6) is 0 Å². The fourth-order valence-electron chi connectivity index (χ4n) is 1.27. The third-order valence-corrected chi connectivity index (χ3v) is 1.90. The monoisotopic (exact) mass is 139 g/mol. The highest BCUT2D eigenvalue weighted by molar-refractivity contribution is 5.56. The first-order valence-electron chi connectivity index (χ1n) is 3.74. The highest BCUT2D eigenvalue weighted by atomic mass is 16.4. The van der Waals surface area contributed by atoms with Crippen LogP contribution >= 0.6 is 0 Å². The quantitative estimate of drug-likeness (QED) is 0.270. The summed E-state index contributed by atoms with van der Waals surface area (Å²) in [5, 5.41) is 11.1. The minimum atomic E-state index is 0.709. The smallest absolute Gasteiger partial charge is 0.0438 e. The van der Waals surface area contributed by atoms with Gasteiger partial charge in [0.1, 0.15) is 0 Å². The van der Waals surface area contributed by atoms with Crippen LogP contribution in [0.3, 0.4) is 0 Å². The maximum atomic E-state index is 8.15. The summed E-state index contributed by atoms with van der Waals surface area (Å²) in [7, 11) is 0. The van der Waals surface area contributed by atoms with Gasteiger partial charge >= 0.3 is 0 Å². The van der Waals surface area contributed by atoms with Crippen LogP contribution in [-0.4, -0.2) is 11.4 Å². The summed E-state index contributed by atoms with van der Waals surface area (Å²) < 4.78 is 0. The Balaban J connectivity index is 2.22. The predicted molar refractivity (Wildman–Crippen MR) is 41.4 cm³/mol. The van der Waals surface area contributed by atoms with Crippen LogP contribution in [0.2, 0.25) is 0 Å². The molecule has 0 saturated heterocycles. The Labute approximate surface area is 61.2 Å². The molecule has 0 aromatic carbocycles. The summed E-state index contributed by atoms with van der Waals surface area (Å²) >= 11 is 0. The number of nitrogens with zero attached hydrogens (tertiary/aromatic N) is 1. The maximum absolute atomic E-state index is 8.15. The Bertz CT molecular complexity index is 140. The number of oxime groups is 1. The molecule has 0 aliphatic heterocycles. The lowest BCUT2D eigenvalue weighted by atomic mass is 9.92. The van der Waals surface area contributed by atoms with E-state index in [4.69, 9.17) is 5.21 Å². The first-order valence-corrected chi connectivity index (χ1v) is 3.74. The first-order chi connectivity index (χ1) is 4.93. The van der Waals surface area contributed by atoms with Crippen molar-refractivity contribution in [2.45, 2.75) is 25.7 Å². The van der Waals surface area contributed by atoms with Gasteiger partial charge in [0.2, 0.25) is 0 Å². The SMILES string of the molecule is O/N=C/CC1CC=CCC1. The molecular formula is C8H13NO. The molecule has 0 amide bonds. The minimum absolute atomic E-state index is 0.709. The van der Waals surface area contributed by atoms with Crippen LogP contribution < -0.4 is 0 Å². The van der Waals surface area contributed by atoms with Crippen LogP contribution in [0.1, 0.15) is 25.7 Å². The first kappa shape index (κ1) is 7.32. The van der Waals surface area contributed by atoms with E-state index in [-0.39, 0.29) is 0 Å². The molecule has 0 heterocycles. The van der Waals surface area contributed by atoms with Gasteiger partial charge in [0, 0.05) is 6.21 Å². The molecule has 1 aliphatic carbocycles. The molecule has 10 heavy (non-hydrogen) atoms. The van der Waals surface area contributed by atoms with E-state index in [1.54, 1.807) is 6.21 Å². The molecule has 2 nitrogen and oxygen atoms in total. The van der Waals surface area contributed by atoms with Gasteiger partial charge in [-0.1, -0.05) is 12.2 Å². The lowest BCUT2D eigenvalue weighted by Gasteiger charge is -2.13. The lowest BCUT2D eigenvalue weighted by Crippen LogP contribution is -2.02. The second kappa shape index (κ2) is 4.09. The van der Waals surface area contributed by atoms with Gasteiger partial charge in [-0.3, -0.25) is 0 Å². The molecule has 0 fully saturated rings. The predicted octanol–water partition coefficient (Wildman–Crippen LogP) is 2.19. The van der Waals surface area contributed by atoms with Gasteiger partial charge in [0.25, 0.3) is 0 Å². The lowest BCUT2D eigenvalue weighted by molar-refractivity contribution is 0.318. The molecule has 0 saturated carbocycles. The largest absolute Gasteiger partial charge is 0.411 e. The average Bonchev–Trinajstić information content (AvgIpc) is 2.03. The number of allylic oxidation sites excluding steroid dienone is 2. The second-order valence-corrected chi connectivity index (χ2v) is 2.68. The Morgan fingerprint density at radius 3 is 3.10 bits per heavy atom. The van der Waals surface area contributed by atoms with Crippen molar-refractivity contribution in [1.82, 2.24) is 0 Å². The fraction of sp³-hybridized carbons (Fsp3) is 0.625. The van der Waals surface area contributed by atoms with Crippen molar-refractivity contribution in [3.8, 4) is 0 Å². The van der Waals surface area contributed by atoms with E-state index in [2.05, 4.69) is 17.3 Å². The van der Waals surface area contributed by atoms with E-state index in [9.17, 15) is 0 Å². The van der Waals surface area contributed by atoms with Crippen molar-refractivity contribution < 1.29 is 5.21 Å². The van der Waals surface area contributed by atoms with Crippen LogP contribution in [0.25, 0.3) is 0 Å². The number of hydrogen-bond donors (Lipinski definition) is 1. The van der Waals surface area contributed by atoms with Crippen LogP contribution in [0.4, 0.5) is 0 Å². The van der Waals surface area contributed by atoms with Gasteiger partial charge in [-0.25, -0.2) is 0 Å². The Kier molecular flexibility index (Phi) is 3.00. The summed E-state index contributed by atoms with van der Waals surface area (Å²) in [4.78, 5) is 0. The van der Waals surface area contributed by atoms with Crippen molar-refractivity contribution >= 4 is 6.21 Å². The van der Waals surface area contributed by atoms with Crippen LogP contribution in [-0.2, 0) is 0 Å². The molecule has 1 atom stereocenters. The molecular weight excluding hydrogens is 126 g/mol. The molecule has 1 rings (SSSR count). The maximum Gasteiger partial charge on any atom is 0.0438 e. The zero-order valence-corrected chi connectivity index (χ0v) is 6.03. The van der Waals surface area contributed by atoms with Crippen molar-refractivity contribution in [2.24, 2.45) is 11.1 Å². The molecule has 0 aromatic heterocycles. The van der Waals surface area contributed by atoms with Gasteiger partial charge in [-0.2, -0.15) is 0 Å². The molecule has 1 unspecified atom stereocenters. The van der Waals surface area contributed by atoms with Gasteiger partial charge < -0.3 is 5.21 Å². The molecule has 0 spiro atoms. The summed E-state index contributed by atoms with van der Waals surface area (Å²) in [5.41, 5.74) is 0. The summed E-state index contributed by atoms with van der Waals surface area (Å²) in [6.07, 6.45) is 10.5. The van der Waals surface area contributed by atoms with E-state index < -0.39 is 0 Å². The standard InChI is InChI=1S/C8H13NO/c10-9-7-6-8-4-2-1-3-5-8/h1-2,7-8,10H,3-6H2/b9-7+. The molecule has 0 radical (unpaired) electrons. The minimum Gasteiger partial charge on any atom is -0.411 e. The Hall–Kier alpha value is -0.790.